The number of aliphatic hydroxyl groups is 2. The van der Waals surface area contributed by atoms with Gasteiger partial charge in [0, 0.05) is 13.0 Å². The minimum absolute atomic E-state index is 0.0470. The number of rotatable bonds is 7. The van der Waals surface area contributed by atoms with Gasteiger partial charge in [-0.05, 0) is 33.7 Å². The summed E-state index contributed by atoms with van der Waals surface area (Å²) in [6, 6.07) is 0. The molecule has 0 rings (SSSR count). The van der Waals surface area contributed by atoms with Crippen molar-refractivity contribution in [3.8, 4) is 0 Å². The average molecular weight is 338 g/mol. The van der Waals surface area contributed by atoms with Crippen molar-refractivity contribution in [1.29, 1.82) is 0 Å². The van der Waals surface area contributed by atoms with Crippen LogP contribution in [0.4, 0.5) is 4.79 Å². The number of amides is 1. The van der Waals surface area contributed by atoms with Crippen LogP contribution in [-0.4, -0.2) is 69.4 Å². The van der Waals surface area contributed by atoms with Crippen LogP contribution >= 0.6 is 0 Å². The van der Waals surface area contributed by atoms with E-state index in [0.717, 1.165) is 0 Å². The van der Waals surface area contributed by atoms with Crippen molar-refractivity contribution in [2.24, 2.45) is 5.73 Å². The van der Waals surface area contributed by atoms with Crippen molar-refractivity contribution in [3.05, 3.63) is 0 Å². The topological polar surface area (TPSA) is 179 Å². The van der Waals surface area contributed by atoms with Crippen molar-refractivity contribution in [3.63, 3.8) is 0 Å². The Labute approximate surface area is 134 Å². The second kappa shape index (κ2) is 11.6. The lowest BCUT2D eigenvalue weighted by atomic mass is 10.2. The summed E-state index contributed by atoms with van der Waals surface area (Å²) in [6.07, 6.45) is -3.30. The Morgan fingerprint density at radius 1 is 1.04 bits per heavy atom. The zero-order valence-corrected chi connectivity index (χ0v) is 13.5. The molecule has 1 amide bonds. The van der Waals surface area contributed by atoms with E-state index < -0.39 is 35.8 Å². The minimum Gasteiger partial charge on any atom is -0.479 e. The average Bonchev–Trinajstić information content (AvgIpc) is 2.37. The highest BCUT2D eigenvalue weighted by atomic mass is 16.6. The van der Waals surface area contributed by atoms with Crippen LogP contribution in [0.2, 0.25) is 0 Å². The van der Waals surface area contributed by atoms with Gasteiger partial charge in [-0.2, -0.15) is 0 Å². The number of carboxylic acid groups (broad SMARTS) is 2. The van der Waals surface area contributed by atoms with Crippen molar-refractivity contribution in [2.45, 2.75) is 51.4 Å². The van der Waals surface area contributed by atoms with Gasteiger partial charge in [-0.25, -0.2) is 14.4 Å². The van der Waals surface area contributed by atoms with Crippen molar-refractivity contribution in [1.82, 2.24) is 5.32 Å². The maximum Gasteiger partial charge on any atom is 0.407 e. The fourth-order valence-corrected chi connectivity index (χ4v) is 1.03. The largest absolute Gasteiger partial charge is 0.479 e. The highest BCUT2D eigenvalue weighted by Gasteiger charge is 2.17. The lowest BCUT2D eigenvalue weighted by molar-refractivity contribution is -0.147. The molecule has 0 aromatic heterocycles. The van der Waals surface area contributed by atoms with Gasteiger partial charge in [0.05, 0.1) is 0 Å². The first-order valence-corrected chi connectivity index (χ1v) is 6.89. The standard InChI is InChI=1S/C9H17NO5.C4H9NO3/c1-9(2,3)15-8(14)10-5-4-6(11)7(12)13;5-2-1-3(6)4(7)8/h6,11H,4-5H2,1-3H3,(H,10,14)(H,12,13);3,6H,1-2,5H2,(H,7,8). The Kier molecular flexibility index (Phi) is 11.8. The van der Waals surface area contributed by atoms with Gasteiger partial charge in [0.25, 0.3) is 0 Å². The molecule has 136 valence electrons. The van der Waals surface area contributed by atoms with Crippen LogP contribution in [-0.2, 0) is 14.3 Å². The summed E-state index contributed by atoms with van der Waals surface area (Å²) in [6.45, 7) is 5.42. The summed E-state index contributed by atoms with van der Waals surface area (Å²) in [5, 5.41) is 36.0. The molecular formula is C13H26N2O8. The summed E-state index contributed by atoms with van der Waals surface area (Å²) in [4.78, 5) is 31.0. The molecule has 2 unspecified atom stereocenters. The number of aliphatic carboxylic acids is 2. The zero-order chi connectivity index (χ0) is 18.6. The summed E-state index contributed by atoms with van der Waals surface area (Å²) in [7, 11) is 0. The van der Waals surface area contributed by atoms with E-state index in [1.807, 2.05) is 0 Å². The molecule has 0 bridgehead atoms. The highest BCUT2D eigenvalue weighted by Crippen LogP contribution is 2.06. The molecule has 2 atom stereocenters. The quantitative estimate of drug-likeness (QED) is 0.344. The summed E-state index contributed by atoms with van der Waals surface area (Å²) < 4.78 is 4.90. The molecule has 0 fully saturated rings. The summed E-state index contributed by atoms with van der Waals surface area (Å²) in [5.41, 5.74) is 4.36. The Morgan fingerprint density at radius 3 is 1.78 bits per heavy atom. The van der Waals surface area contributed by atoms with Crippen LogP contribution in [0, 0.1) is 0 Å². The molecule has 7 N–H and O–H groups in total. The zero-order valence-electron chi connectivity index (χ0n) is 13.5. The third kappa shape index (κ3) is 16.3. The van der Waals surface area contributed by atoms with Gasteiger partial charge in [0.15, 0.2) is 12.2 Å². The van der Waals surface area contributed by atoms with Gasteiger partial charge in [-0.1, -0.05) is 0 Å². The number of carbonyl (C=O) groups is 3. The number of aliphatic hydroxyl groups excluding tert-OH is 2. The second-order valence-corrected chi connectivity index (χ2v) is 5.50. The fourth-order valence-electron chi connectivity index (χ4n) is 1.03. The maximum atomic E-state index is 11.0. The molecule has 0 saturated carbocycles. The van der Waals surface area contributed by atoms with Crippen molar-refractivity contribution >= 4 is 18.0 Å². The first-order valence-electron chi connectivity index (χ1n) is 6.89. The van der Waals surface area contributed by atoms with Crippen LogP contribution < -0.4 is 11.1 Å². The number of hydrogen-bond acceptors (Lipinski definition) is 7. The summed E-state index contributed by atoms with van der Waals surface area (Å²) >= 11 is 0. The van der Waals surface area contributed by atoms with E-state index in [2.05, 4.69) is 5.32 Å². The predicted octanol–water partition coefficient (Wildman–Crippen LogP) is -0.873. The monoisotopic (exact) mass is 338 g/mol. The number of ether oxygens (including phenoxy) is 1. The van der Waals surface area contributed by atoms with E-state index >= 15 is 0 Å². The van der Waals surface area contributed by atoms with Gasteiger partial charge in [-0.3, -0.25) is 0 Å². The fraction of sp³-hybridized carbons (Fsp3) is 0.769. The Hall–Kier alpha value is -1.91. The van der Waals surface area contributed by atoms with Gasteiger partial charge >= 0.3 is 18.0 Å². The van der Waals surface area contributed by atoms with E-state index in [1.165, 1.54) is 0 Å². The molecule has 0 aliphatic carbocycles. The van der Waals surface area contributed by atoms with E-state index in [9.17, 15) is 14.4 Å². The summed E-state index contributed by atoms with van der Waals surface area (Å²) in [5.74, 6) is -2.52. The first-order chi connectivity index (χ1) is 10.4. The Morgan fingerprint density at radius 2 is 1.48 bits per heavy atom. The number of carboxylic acids is 2. The van der Waals surface area contributed by atoms with Crippen LogP contribution in [0.25, 0.3) is 0 Å². The lowest BCUT2D eigenvalue weighted by Crippen LogP contribution is -2.35. The Bertz CT molecular complexity index is 381. The smallest absolute Gasteiger partial charge is 0.407 e. The van der Waals surface area contributed by atoms with Gasteiger partial charge in [0.1, 0.15) is 5.60 Å². The molecule has 0 aliphatic heterocycles. The van der Waals surface area contributed by atoms with Crippen LogP contribution in [0.15, 0.2) is 0 Å². The molecule has 10 nitrogen and oxygen atoms in total. The third-order valence-corrected chi connectivity index (χ3v) is 2.10. The molecule has 23 heavy (non-hydrogen) atoms. The van der Waals surface area contributed by atoms with Gasteiger partial charge < -0.3 is 36.2 Å². The molecule has 0 aromatic carbocycles. The minimum atomic E-state index is -1.46. The van der Waals surface area contributed by atoms with E-state index in [0.29, 0.717) is 0 Å². The van der Waals surface area contributed by atoms with E-state index in [4.69, 9.17) is 30.9 Å². The number of alkyl carbamates (subject to hydrolysis) is 1. The number of carbonyl (C=O) groups excluding carboxylic acids is 1. The normalized spacial score (nSPS) is 13.1. The molecule has 0 radical (unpaired) electrons. The molecule has 0 aromatic rings. The SMILES string of the molecule is CC(C)(C)OC(=O)NCCC(O)C(=O)O.NCCC(O)C(=O)O. The molecular weight excluding hydrogens is 312 g/mol. The second-order valence-electron chi connectivity index (χ2n) is 5.50. The van der Waals surface area contributed by atoms with Crippen LogP contribution in [0.1, 0.15) is 33.6 Å². The Balaban J connectivity index is 0. The van der Waals surface area contributed by atoms with Crippen LogP contribution in [0.3, 0.4) is 0 Å². The number of hydrogen-bond donors (Lipinski definition) is 6. The van der Waals surface area contributed by atoms with E-state index in [1.54, 1.807) is 20.8 Å². The molecule has 0 saturated heterocycles. The highest BCUT2D eigenvalue weighted by molar-refractivity contribution is 5.72. The molecule has 10 heteroatoms. The number of nitrogens with one attached hydrogen (secondary N) is 1. The third-order valence-electron chi connectivity index (χ3n) is 2.10. The molecule has 0 spiro atoms. The van der Waals surface area contributed by atoms with Crippen molar-refractivity contribution < 1.29 is 39.5 Å². The van der Waals surface area contributed by atoms with Crippen molar-refractivity contribution in [2.75, 3.05) is 13.1 Å². The molecule has 0 heterocycles. The number of nitrogens with two attached hydrogens (primary N) is 1. The van der Waals surface area contributed by atoms with Gasteiger partial charge in [-0.15, -0.1) is 0 Å². The lowest BCUT2D eigenvalue weighted by Gasteiger charge is -2.19. The first kappa shape index (κ1) is 23.4. The van der Waals surface area contributed by atoms with Crippen LogP contribution in [0.5, 0.6) is 0 Å². The van der Waals surface area contributed by atoms with E-state index in [-0.39, 0.29) is 25.9 Å². The van der Waals surface area contributed by atoms with Gasteiger partial charge in [0.2, 0.25) is 0 Å². The molecule has 0 aliphatic rings. The predicted molar refractivity (Wildman–Crippen MR) is 79.8 cm³/mol. The maximum absolute atomic E-state index is 11.0.